The Balaban J connectivity index is 2.78. The molecule has 0 bridgehead atoms. The molecule has 0 amide bonds. The highest BCUT2D eigenvalue weighted by atomic mass is 16.3. The number of anilines is 1. The van der Waals surface area contributed by atoms with Crippen molar-refractivity contribution in [3.8, 4) is 0 Å². The fourth-order valence-corrected chi connectivity index (χ4v) is 1.21. The summed E-state index contributed by atoms with van der Waals surface area (Å²) >= 11 is 0. The Morgan fingerprint density at radius 1 is 1.57 bits per heavy atom. The average Bonchev–Trinajstić information content (AvgIpc) is 2.18. The molecule has 5 N–H and O–H groups in total. The third-order valence-corrected chi connectivity index (χ3v) is 1.97. The highest BCUT2D eigenvalue weighted by Crippen LogP contribution is 2.20. The van der Waals surface area contributed by atoms with E-state index in [1.807, 2.05) is 0 Å². The number of nitrogens with zero attached hydrogens (tertiary/aromatic N) is 1. The number of aromatic nitrogens is 1. The summed E-state index contributed by atoms with van der Waals surface area (Å²) in [7, 11) is 1.70. The van der Waals surface area contributed by atoms with E-state index in [-0.39, 0.29) is 5.82 Å². The van der Waals surface area contributed by atoms with Gasteiger partial charge in [0, 0.05) is 18.3 Å². The lowest BCUT2D eigenvalue weighted by Crippen LogP contribution is -2.30. The van der Waals surface area contributed by atoms with Crippen LogP contribution in [0.2, 0.25) is 0 Å². The molecule has 0 aliphatic rings. The molecule has 2 atom stereocenters. The molecule has 1 aromatic heterocycles. The van der Waals surface area contributed by atoms with Crippen molar-refractivity contribution >= 4 is 5.82 Å². The van der Waals surface area contributed by atoms with Gasteiger partial charge in [-0.3, -0.25) is 0 Å². The maximum absolute atomic E-state index is 9.69. The molecule has 1 aromatic rings. The number of pyridine rings is 1. The number of hydrogen-bond donors (Lipinski definition) is 4. The van der Waals surface area contributed by atoms with Gasteiger partial charge < -0.3 is 21.3 Å². The van der Waals surface area contributed by atoms with Gasteiger partial charge in [0.25, 0.3) is 0 Å². The van der Waals surface area contributed by atoms with E-state index in [0.29, 0.717) is 12.1 Å². The van der Waals surface area contributed by atoms with Crippen molar-refractivity contribution < 1.29 is 10.2 Å². The summed E-state index contributed by atoms with van der Waals surface area (Å²) < 4.78 is 0. The van der Waals surface area contributed by atoms with E-state index in [4.69, 9.17) is 5.73 Å². The number of likely N-dealkylation sites (N-methyl/N-ethyl adjacent to an activating group) is 1. The Morgan fingerprint density at radius 3 is 2.86 bits per heavy atom. The smallest absolute Gasteiger partial charge is 0.129 e. The van der Waals surface area contributed by atoms with Gasteiger partial charge >= 0.3 is 0 Å². The normalized spacial score (nSPS) is 15.1. The van der Waals surface area contributed by atoms with Gasteiger partial charge in [-0.05, 0) is 13.1 Å². The molecule has 2 unspecified atom stereocenters. The number of nitrogen functional groups attached to an aromatic ring is 1. The monoisotopic (exact) mass is 197 g/mol. The largest absolute Gasteiger partial charge is 0.389 e. The Morgan fingerprint density at radius 2 is 2.29 bits per heavy atom. The van der Waals surface area contributed by atoms with E-state index >= 15 is 0 Å². The third kappa shape index (κ3) is 2.41. The van der Waals surface area contributed by atoms with E-state index in [1.54, 1.807) is 19.2 Å². The maximum Gasteiger partial charge on any atom is 0.129 e. The number of nitrogens with one attached hydrogen (secondary N) is 1. The number of nitrogens with two attached hydrogens (primary N) is 1. The zero-order chi connectivity index (χ0) is 10.6. The molecule has 78 valence electrons. The molecule has 0 saturated heterocycles. The van der Waals surface area contributed by atoms with Gasteiger partial charge in [-0.15, -0.1) is 0 Å². The van der Waals surface area contributed by atoms with Crippen LogP contribution in [0, 0.1) is 0 Å². The van der Waals surface area contributed by atoms with Crippen LogP contribution in [0.3, 0.4) is 0 Å². The fourth-order valence-electron chi connectivity index (χ4n) is 1.21. The van der Waals surface area contributed by atoms with Crippen LogP contribution in [0.1, 0.15) is 11.7 Å². The molecule has 0 aliphatic carbocycles. The highest BCUT2D eigenvalue weighted by molar-refractivity contribution is 5.40. The third-order valence-electron chi connectivity index (χ3n) is 1.97. The van der Waals surface area contributed by atoms with Gasteiger partial charge in [0.05, 0.1) is 6.10 Å². The zero-order valence-electron chi connectivity index (χ0n) is 8.01. The van der Waals surface area contributed by atoms with Gasteiger partial charge in [-0.2, -0.15) is 0 Å². The predicted molar refractivity (Wildman–Crippen MR) is 53.5 cm³/mol. The van der Waals surface area contributed by atoms with Crippen molar-refractivity contribution in [2.75, 3.05) is 19.3 Å². The summed E-state index contributed by atoms with van der Waals surface area (Å²) in [4.78, 5) is 3.83. The Kier molecular flexibility index (Phi) is 3.82. The molecule has 5 nitrogen and oxygen atoms in total. The van der Waals surface area contributed by atoms with Gasteiger partial charge in [0.1, 0.15) is 11.9 Å². The van der Waals surface area contributed by atoms with Crippen LogP contribution < -0.4 is 11.1 Å². The lowest BCUT2D eigenvalue weighted by atomic mass is 10.1. The summed E-state index contributed by atoms with van der Waals surface area (Å²) in [5, 5.41) is 22.0. The van der Waals surface area contributed by atoms with Crippen molar-refractivity contribution in [3.63, 3.8) is 0 Å². The van der Waals surface area contributed by atoms with Crippen molar-refractivity contribution in [1.82, 2.24) is 10.3 Å². The average molecular weight is 197 g/mol. The van der Waals surface area contributed by atoms with E-state index in [2.05, 4.69) is 10.3 Å². The second kappa shape index (κ2) is 4.90. The van der Waals surface area contributed by atoms with Gasteiger partial charge in [0.15, 0.2) is 0 Å². The standard InChI is InChI=1S/C9H15N3O2/c1-11-5-7(13)8(14)6-3-2-4-12-9(6)10/h2-4,7-8,11,13-14H,5H2,1H3,(H2,10,12). The predicted octanol–water partition coefficient (Wildman–Crippen LogP) is -0.723. The van der Waals surface area contributed by atoms with E-state index in [1.165, 1.54) is 6.20 Å². The summed E-state index contributed by atoms with van der Waals surface area (Å²) in [5.74, 6) is 0.246. The van der Waals surface area contributed by atoms with Crippen LogP contribution in [0.15, 0.2) is 18.3 Å². The molecule has 14 heavy (non-hydrogen) atoms. The number of aliphatic hydroxyl groups excluding tert-OH is 2. The molecule has 1 rings (SSSR count). The van der Waals surface area contributed by atoms with Gasteiger partial charge in [0.2, 0.25) is 0 Å². The van der Waals surface area contributed by atoms with Gasteiger partial charge in [-0.1, -0.05) is 6.07 Å². The molecule has 0 fully saturated rings. The molecule has 5 heteroatoms. The van der Waals surface area contributed by atoms with Crippen molar-refractivity contribution in [2.45, 2.75) is 12.2 Å². The SMILES string of the molecule is CNCC(O)C(O)c1cccnc1N. The number of rotatable bonds is 4. The minimum absolute atomic E-state index is 0.246. The highest BCUT2D eigenvalue weighted by Gasteiger charge is 2.19. The van der Waals surface area contributed by atoms with Crippen LogP contribution in [0.5, 0.6) is 0 Å². The Labute approximate surface area is 82.6 Å². The van der Waals surface area contributed by atoms with Crippen LogP contribution in [-0.2, 0) is 0 Å². The van der Waals surface area contributed by atoms with Crippen LogP contribution in [0.4, 0.5) is 5.82 Å². The first kappa shape index (κ1) is 10.9. The Bertz CT molecular complexity index is 293. The first-order chi connectivity index (χ1) is 6.66. The van der Waals surface area contributed by atoms with E-state index < -0.39 is 12.2 Å². The molecule has 0 aliphatic heterocycles. The lowest BCUT2D eigenvalue weighted by molar-refractivity contribution is 0.0205. The minimum atomic E-state index is -1.00. The summed E-state index contributed by atoms with van der Waals surface area (Å²) in [6, 6.07) is 3.31. The number of aliphatic hydroxyl groups is 2. The molecule has 0 radical (unpaired) electrons. The minimum Gasteiger partial charge on any atom is -0.389 e. The molecule has 0 spiro atoms. The topological polar surface area (TPSA) is 91.4 Å². The van der Waals surface area contributed by atoms with Crippen LogP contribution >= 0.6 is 0 Å². The van der Waals surface area contributed by atoms with Crippen LogP contribution in [-0.4, -0.2) is 34.9 Å². The molecule has 0 saturated carbocycles. The second-order valence-electron chi connectivity index (χ2n) is 3.05. The quantitative estimate of drug-likeness (QED) is 0.511. The van der Waals surface area contributed by atoms with E-state index in [0.717, 1.165) is 0 Å². The summed E-state index contributed by atoms with van der Waals surface area (Å²) in [6.45, 7) is 0.301. The van der Waals surface area contributed by atoms with Gasteiger partial charge in [-0.25, -0.2) is 4.98 Å². The molecular formula is C9H15N3O2. The zero-order valence-corrected chi connectivity index (χ0v) is 8.01. The first-order valence-electron chi connectivity index (χ1n) is 4.38. The van der Waals surface area contributed by atoms with Crippen molar-refractivity contribution in [3.05, 3.63) is 23.9 Å². The molecule has 0 aromatic carbocycles. The Hall–Kier alpha value is -1.17. The second-order valence-corrected chi connectivity index (χ2v) is 3.05. The van der Waals surface area contributed by atoms with Crippen molar-refractivity contribution in [2.24, 2.45) is 0 Å². The van der Waals surface area contributed by atoms with E-state index in [9.17, 15) is 10.2 Å². The molecule has 1 heterocycles. The lowest BCUT2D eigenvalue weighted by Gasteiger charge is -2.18. The first-order valence-corrected chi connectivity index (χ1v) is 4.38. The number of hydrogen-bond acceptors (Lipinski definition) is 5. The summed E-state index contributed by atoms with van der Waals surface area (Å²) in [6.07, 6.45) is -0.349. The molecular weight excluding hydrogens is 182 g/mol. The fraction of sp³-hybridized carbons (Fsp3) is 0.444. The van der Waals surface area contributed by atoms with Crippen molar-refractivity contribution in [1.29, 1.82) is 0 Å². The summed E-state index contributed by atoms with van der Waals surface area (Å²) in [5.41, 5.74) is 6.01. The van der Waals surface area contributed by atoms with Crippen LogP contribution in [0.25, 0.3) is 0 Å². The maximum atomic E-state index is 9.69.